The first-order valence-corrected chi connectivity index (χ1v) is 11.5. The number of nitrogens with zero attached hydrogens (tertiary/aromatic N) is 3. The molecule has 0 spiro atoms. The minimum atomic E-state index is -1.38. The van der Waals surface area contributed by atoms with Gasteiger partial charge in [-0.05, 0) is 32.9 Å². The Labute approximate surface area is 210 Å². The molecule has 3 rings (SSSR count). The highest BCUT2D eigenvalue weighted by molar-refractivity contribution is 5.99. The molecule has 1 amide bonds. The van der Waals surface area contributed by atoms with Crippen molar-refractivity contribution in [3.63, 3.8) is 0 Å². The van der Waals surface area contributed by atoms with Gasteiger partial charge in [0.25, 0.3) is 5.91 Å². The number of hydrogen-bond donors (Lipinski definition) is 4. The maximum atomic E-state index is 14.2. The van der Waals surface area contributed by atoms with Gasteiger partial charge in [0.05, 0.1) is 25.5 Å². The molecule has 0 bridgehead atoms. The summed E-state index contributed by atoms with van der Waals surface area (Å²) >= 11 is 0. The summed E-state index contributed by atoms with van der Waals surface area (Å²) in [7, 11) is 4.73. The predicted octanol–water partition coefficient (Wildman–Crippen LogP) is 4.45. The molecule has 0 aliphatic rings. The number of halogens is 1. The van der Waals surface area contributed by atoms with E-state index in [1.165, 1.54) is 13.1 Å². The van der Waals surface area contributed by atoms with Gasteiger partial charge in [0, 0.05) is 49.6 Å². The van der Waals surface area contributed by atoms with E-state index >= 15 is 0 Å². The molecule has 2 aromatic heterocycles. The van der Waals surface area contributed by atoms with E-state index in [-0.39, 0.29) is 17.8 Å². The number of amides is 1. The van der Waals surface area contributed by atoms with Gasteiger partial charge in [0.15, 0.2) is 12.0 Å². The Balaban J connectivity index is 1.87. The van der Waals surface area contributed by atoms with Gasteiger partial charge in [0.1, 0.15) is 29.0 Å². The van der Waals surface area contributed by atoms with Crippen molar-refractivity contribution in [2.75, 3.05) is 37.2 Å². The van der Waals surface area contributed by atoms with Gasteiger partial charge in [-0.25, -0.2) is 19.3 Å². The molecule has 11 heteroatoms. The number of nitrogens with one attached hydrogen (secondary N) is 4. The van der Waals surface area contributed by atoms with Crippen LogP contribution in [0.2, 0.25) is 0 Å². The quantitative estimate of drug-likeness (QED) is 0.304. The Morgan fingerprint density at radius 1 is 1.03 bits per heavy atom. The normalized spacial score (nSPS) is 11.6. The number of pyridine rings is 1. The topological polar surface area (TPSA) is 122 Å². The van der Waals surface area contributed by atoms with Crippen LogP contribution in [-0.2, 0) is 6.54 Å². The summed E-state index contributed by atoms with van der Waals surface area (Å²) in [6, 6.07) is 8.96. The van der Waals surface area contributed by atoms with E-state index in [2.05, 4.69) is 36.2 Å². The largest absolute Gasteiger partial charge is 0.497 e. The third kappa shape index (κ3) is 6.71. The minimum absolute atomic E-state index is 0.0201. The molecule has 0 unspecified atom stereocenters. The maximum Gasteiger partial charge on any atom is 0.254 e. The van der Waals surface area contributed by atoms with Crippen molar-refractivity contribution in [3.05, 3.63) is 53.5 Å². The zero-order valence-electron chi connectivity index (χ0n) is 21.3. The van der Waals surface area contributed by atoms with Crippen LogP contribution >= 0.6 is 0 Å². The number of benzene rings is 1. The van der Waals surface area contributed by atoms with Gasteiger partial charge in [0.2, 0.25) is 0 Å². The molecule has 1 atom stereocenters. The van der Waals surface area contributed by atoms with Crippen LogP contribution in [0, 0.1) is 0 Å². The zero-order chi connectivity index (χ0) is 26.2. The Bertz CT molecular complexity index is 1200. The van der Waals surface area contributed by atoms with Gasteiger partial charge in [-0.2, -0.15) is 0 Å². The molecule has 0 radical (unpaired) electrons. The lowest BCUT2D eigenvalue weighted by atomic mass is 10.2. The summed E-state index contributed by atoms with van der Waals surface area (Å²) in [4.78, 5) is 25.1. The average molecular weight is 498 g/mol. The number of alkyl halides is 1. The molecule has 2 heterocycles. The van der Waals surface area contributed by atoms with Crippen LogP contribution in [0.5, 0.6) is 11.5 Å². The highest BCUT2D eigenvalue weighted by atomic mass is 19.1. The van der Waals surface area contributed by atoms with Crippen LogP contribution < -0.4 is 30.7 Å². The Hall–Kier alpha value is -4.15. The summed E-state index contributed by atoms with van der Waals surface area (Å²) in [6.07, 6.45) is 0.0884. The molecule has 1 aromatic carbocycles. The van der Waals surface area contributed by atoms with Crippen molar-refractivity contribution in [2.24, 2.45) is 0 Å². The van der Waals surface area contributed by atoms with Crippen LogP contribution in [0.25, 0.3) is 0 Å². The van der Waals surface area contributed by atoms with E-state index in [1.807, 2.05) is 26.0 Å². The summed E-state index contributed by atoms with van der Waals surface area (Å²) < 4.78 is 24.9. The minimum Gasteiger partial charge on any atom is -0.497 e. The van der Waals surface area contributed by atoms with Crippen molar-refractivity contribution in [1.82, 2.24) is 20.3 Å². The Morgan fingerprint density at radius 3 is 2.42 bits per heavy atom. The molecule has 3 aromatic rings. The third-order valence-electron chi connectivity index (χ3n) is 5.13. The Kier molecular flexibility index (Phi) is 8.82. The summed E-state index contributed by atoms with van der Waals surface area (Å²) in [5.74, 6) is 2.30. The monoisotopic (exact) mass is 497 g/mol. The van der Waals surface area contributed by atoms with Crippen LogP contribution in [0.1, 0.15) is 48.7 Å². The number of carbonyl (C=O) groups is 1. The molecule has 0 saturated carbocycles. The first kappa shape index (κ1) is 26.5. The van der Waals surface area contributed by atoms with E-state index in [4.69, 9.17) is 9.47 Å². The molecule has 0 saturated heterocycles. The van der Waals surface area contributed by atoms with Gasteiger partial charge >= 0.3 is 0 Å². The lowest BCUT2D eigenvalue weighted by molar-refractivity contribution is 0.0963. The van der Waals surface area contributed by atoms with Crippen molar-refractivity contribution in [3.8, 4) is 11.5 Å². The summed E-state index contributed by atoms with van der Waals surface area (Å²) in [5.41, 5.74) is 1.89. The van der Waals surface area contributed by atoms with E-state index in [1.54, 1.807) is 39.5 Å². The van der Waals surface area contributed by atoms with Crippen molar-refractivity contribution < 1.29 is 18.7 Å². The molecular weight excluding hydrogens is 465 g/mol. The van der Waals surface area contributed by atoms with E-state index in [0.29, 0.717) is 46.7 Å². The number of ether oxygens (including phenoxy) is 2. The molecule has 0 aliphatic carbocycles. The van der Waals surface area contributed by atoms with Gasteiger partial charge in [-0.15, -0.1) is 0 Å². The fraction of sp³-hybridized carbons (Fsp3) is 0.360. The van der Waals surface area contributed by atoms with Gasteiger partial charge in [-0.3, -0.25) is 4.79 Å². The molecule has 4 N–H and O–H groups in total. The van der Waals surface area contributed by atoms with Crippen LogP contribution in [0.15, 0.2) is 36.5 Å². The van der Waals surface area contributed by atoms with E-state index in [9.17, 15) is 9.18 Å². The Morgan fingerprint density at radius 2 is 1.78 bits per heavy atom. The fourth-order valence-electron chi connectivity index (χ4n) is 3.38. The highest BCUT2D eigenvalue weighted by Crippen LogP contribution is 2.27. The average Bonchev–Trinajstić information content (AvgIpc) is 2.86. The lowest BCUT2D eigenvalue weighted by Gasteiger charge is -2.16. The maximum absolute atomic E-state index is 14.2. The molecule has 0 aliphatic heterocycles. The predicted molar refractivity (Wildman–Crippen MR) is 138 cm³/mol. The number of aromatic nitrogens is 3. The third-order valence-corrected chi connectivity index (χ3v) is 5.13. The molecule has 36 heavy (non-hydrogen) atoms. The van der Waals surface area contributed by atoms with Crippen molar-refractivity contribution in [1.29, 1.82) is 0 Å². The van der Waals surface area contributed by atoms with Crippen molar-refractivity contribution >= 4 is 29.0 Å². The van der Waals surface area contributed by atoms with E-state index < -0.39 is 6.17 Å². The fourth-order valence-corrected chi connectivity index (χ4v) is 3.38. The molecular formula is C25H32FN7O3. The second kappa shape index (κ2) is 12.0. The SMILES string of the molecule is CNC(=O)c1cnc(Nc2cc(NCc3ccc(OC)cc3OC)nc([C@@H](C)F)n2)cc1NC(C)C. The first-order valence-electron chi connectivity index (χ1n) is 11.5. The van der Waals surface area contributed by atoms with Crippen molar-refractivity contribution in [2.45, 2.75) is 39.5 Å². The zero-order valence-corrected chi connectivity index (χ0v) is 21.3. The number of anilines is 4. The number of hydrogen-bond acceptors (Lipinski definition) is 9. The number of carbonyl (C=O) groups excluding carboxylic acids is 1. The van der Waals surface area contributed by atoms with E-state index in [0.717, 1.165) is 5.56 Å². The standard InChI is InChI=1S/C25H32FN7O3/c1-14(2)30-19-10-21(29-13-18(19)25(34)27-4)31-23-11-22(32-24(33-23)15(3)26)28-12-16-7-8-17(35-5)9-20(16)36-6/h7-11,13-15H,12H2,1-6H3,(H,27,34)(H3,28,29,30,31,32,33)/t15-/m1/s1. The highest BCUT2D eigenvalue weighted by Gasteiger charge is 2.15. The summed E-state index contributed by atoms with van der Waals surface area (Å²) in [5, 5.41) is 12.1. The van der Waals surface area contributed by atoms with Crippen LogP contribution in [0.3, 0.4) is 0 Å². The smallest absolute Gasteiger partial charge is 0.254 e. The molecule has 0 fully saturated rings. The summed E-state index contributed by atoms with van der Waals surface area (Å²) in [6.45, 7) is 5.69. The van der Waals surface area contributed by atoms with Gasteiger partial charge in [-0.1, -0.05) is 0 Å². The first-order chi connectivity index (χ1) is 17.2. The van der Waals surface area contributed by atoms with Gasteiger partial charge < -0.3 is 30.7 Å². The second-order valence-corrected chi connectivity index (χ2v) is 8.26. The number of rotatable bonds is 11. The second-order valence-electron chi connectivity index (χ2n) is 8.26. The molecule has 192 valence electrons. The van der Waals surface area contributed by atoms with Crippen LogP contribution in [-0.4, -0.2) is 48.2 Å². The lowest BCUT2D eigenvalue weighted by Crippen LogP contribution is -2.22. The molecule has 10 nitrogen and oxygen atoms in total. The number of methoxy groups -OCH3 is 2. The van der Waals surface area contributed by atoms with Crippen LogP contribution in [0.4, 0.5) is 27.5 Å².